The fourth-order valence-electron chi connectivity index (χ4n) is 1.70. The Kier molecular flexibility index (Phi) is 5.18. The Morgan fingerprint density at radius 2 is 1.58 bits per heavy atom. The van der Waals surface area contributed by atoms with Gasteiger partial charge in [-0.25, -0.2) is 0 Å². The third-order valence-corrected chi connectivity index (χ3v) is 5.04. The van der Waals surface area contributed by atoms with Crippen molar-refractivity contribution < 1.29 is 4.74 Å². The van der Waals surface area contributed by atoms with Crippen molar-refractivity contribution in [3.05, 3.63) is 61.5 Å². The van der Waals surface area contributed by atoms with E-state index in [1.54, 1.807) is 7.11 Å². The third kappa shape index (κ3) is 3.46. The molecule has 0 radical (unpaired) electrons. The number of alkyl halides is 1. The molecule has 0 amide bonds. The van der Waals surface area contributed by atoms with Crippen molar-refractivity contribution in [3.8, 4) is 5.75 Å². The van der Waals surface area contributed by atoms with E-state index >= 15 is 0 Å². The van der Waals surface area contributed by atoms with Gasteiger partial charge in [-0.3, -0.25) is 0 Å². The smallest absolute Gasteiger partial charge is 0.133 e. The summed E-state index contributed by atoms with van der Waals surface area (Å²) in [5.41, 5.74) is 1.97. The number of rotatable bonds is 3. The monoisotopic (exact) mass is 422 g/mol. The number of hydrogen-bond donors (Lipinski definition) is 0. The van der Waals surface area contributed by atoms with E-state index in [0.29, 0.717) is 5.02 Å². The summed E-state index contributed by atoms with van der Waals surface area (Å²) in [6, 6.07) is 11.5. The molecule has 0 saturated carbocycles. The molecule has 0 aliphatic heterocycles. The zero-order chi connectivity index (χ0) is 14.0. The van der Waals surface area contributed by atoms with E-state index in [1.807, 2.05) is 36.4 Å². The van der Waals surface area contributed by atoms with Gasteiger partial charge in [-0.05, 0) is 67.3 Å². The summed E-state index contributed by atoms with van der Waals surface area (Å²) in [5.74, 6) is 0.782. The molecular weight excluding hydrogens is 415 g/mol. The predicted molar refractivity (Wildman–Crippen MR) is 87.5 cm³/mol. The van der Waals surface area contributed by atoms with Crippen LogP contribution in [0.3, 0.4) is 0 Å². The van der Waals surface area contributed by atoms with Gasteiger partial charge < -0.3 is 4.74 Å². The third-order valence-electron chi connectivity index (χ3n) is 2.70. The van der Waals surface area contributed by atoms with Crippen LogP contribution in [0.4, 0.5) is 0 Å². The molecule has 0 N–H and O–H groups in total. The molecule has 2 aromatic rings. The molecular formula is C14H10Br2Cl2O. The Balaban J connectivity index is 2.35. The average molecular weight is 425 g/mol. The molecule has 2 aromatic carbocycles. The molecule has 0 aliphatic rings. The lowest BCUT2D eigenvalue weighted by atomic mass is 10.0. The molecule has 0 spiro atoms. The van der Waals surface area contributed by atoms with Crippen molar-refractivity contribution in [2.24, 2.45) is 0 Å². The molecule has 1 unspecified atom stereocenters. The number of ether oxygens (including phenoxy) is 1. The average Bonchev–Trinajstić information content (AvgIpc) is 2.41. The summed E-state index contributed by atoms with van der Waals surface area (Å²) in [6.45, 7) is 0. The molecule has 1 atom stereocenters. The summed E-state index contributed by atoms with van der Waals surface area (Å²) in [4.78, 5) is 0. The second-order valence-corrected chi connectivity index (χ2v) is 6.48. The molecule has 0 aliphatic carbocycles. The molecule has 1 nitrogen and oxygen atoms in total. The fraction of sp³-hybridized carbons (Fsp3) is 0.143. The van der Waals surface area contributed by atoms with Gasteiger partial charge in [0.15, 0.2) is 0 Å². The minimum atomic E-state index is -0.240. The Labute approximate surface area is 139 Å². The Morgan fingerprint density at radius 3 is 2.11 bits per heavy atom. The first kappa shape index (κ1) is 15.2. The highest BCUT2D eigenvalue weighted by molar-refractivity contribution is 9.10. The van der Waals surface area contributed by atoms with E-state index in [0.717, 1.165) is 25.8 Å². The SMILES string of the molecule is COc1ccc(C(Cl)c2ccc(Cl)c(Br)c2)cc1Br. The molecule has 0 aromatic heterocycles. The number of methoxy groups -OCH3 is 1. The molecule has 2 rings (SSSR count). The Morgan fingerprint density at radius 1 is 1.00 bits per heavy atom. The number of halogens is 4. The fourth-order valence-corrected chi connectivity index (χ4v) is 3.05. The highest BCUT2D eigenvalue weighted by Gasteiger charge is 2.14. The molecule has 0 heterocycles. The van der Waals surface area contributed by atoms with Gasteiger partial charge >= 0.3 is 0 Å². The zero-order valence-corrected chi connectivity index (χ0v) is 14.6. The predicted octanol–water partition coefficient (Wildman–Crippen LogP) is 6.20. The quantitative estimate of drug-likeness (QED) is 0.533. The van der Waals surface area contributed by atoms with Crippen LogP contribution in [0.15, 0.2) is 45.3 Å². The summed E-state index contributed by atoms with van der Waals surface area (Å²) >= 11 is 19.3. The van der Waals surface area contributed by atoms with Crippen molar-refractivity contribution in [3.63, 3.8) is 0 Å². The summed E-state index contributed by atoms with van der Waals surface area (Å²) < 4.78 is 6.92. The second-order valence-electron chi connectivity index (χ2n) is 3.93. The Bertz CT molecular complexity index is 602. The van der Waals surface area contributed by atoms with Gasteiger partial charge in [-0.2, -0.15) is 0 Å². The van der Waals surface area contributed by atoms with Crippen molar-refractivity contribution in [2.75, 3.05) is 7.11 Å². The summed E-state index contributed by atoms with van der Waals surface area (Å²) in [7, 11) is 1.63. The first-order valence-electron chi connectivity index (χ1n) is 5.45. The van der Waals surface area contributed by atoms with Crippen molar-refractivity contribution in [1.29, 1.82) is 0 Å². The largest absolute Gasteiger partial charge is 0.496 e. The standard InChI is InChI=1S/C14H10Br2Cl2O/c1-19-13-5-3-9(7-11(13)16)14(18)8-2-4-12(17)10(15)6-8/h2-7,14H,1H3. The van der Waals surface area contributed by atoms with Crippen LogP contribution in [0, 0.1) is 0 Å². The van der Waals surface area contributed by atoms with Gasteiger partial charge in [0.2, 0.25) is 0 Å². The maximum absolute atomic E-state index is 6.50. The van der Waals surface area contributed by atoms with Crippen LogP contribution in [-0.4, -0.2) is 7.11 Å². The molecule has 0 saturated heterocycles. The normalized spacial score (nSPS) is 12.3. The van der Waals surface area contributed by atoms with E-state index in [2.05, 4.69) is 31.9 Å². The van der Waals surface area contributed by atoms with Gasteiger partial charge in [-0.15, -0.1) is 11.6 Å². The van der Waals surface area contributed by atoms with Crippen LogP contribution in [0.2, 0.25) is 5.02 Å². The van der Waals surface area contributed by atoms with E-state index in [1.165, 1.54) is 0 Å². The van der Waals surface area contributed by atoms with Crippen molar-refractivity contribution in [2.45, 2.75) is 5.38 Å². The van der Waals surface area contributed by atoms with Crippen LogP contribution in [0.25, 0.3) is 0 Å². The maximum Gasteiger partial charge on any atom is 0.133 e. The molecule has 0 bridgehead atoms. The van der Waals surface area contributed by atoms with Gasteiger partial charge in [0.05, 0.1) is 22.0 Å². The first-order valence-corrected chi connectivity index (χ1v) is 7.85. The highest BCUT2D eigenvalue weighted by atomic mass is 79.9. The second kappa shape index (κ2) is 6.49. The lowest BCUT2D eigenvalue weighted by molar-refractivity contribution is 0.412. The van der Waals surface area contributed by atoms with Crippen LogP contribution in [0.5, 0.6) is 5.75 Å². The molecule has 5 heteroatoms. The summed E-state index contributed by atoms with van der Waals surface area (Å²) in [5, 5.41) is 0.430. The number of hydrogen-bond acceptors (Lipinski definition) is 1. The van der Waals surface area contributed by atoms with Gasteiger partial charge in [0, 0.05) is 4.47 Å². The molecule has 100 valence electrons. The van der Waals surface area contributed by atoms with Crippen LogP contribution < -0.4 is 4.74 Å². The minimum Gasteiger partial charge on any atom is -0.496 e. The van der Waals surface area contributed by atoms with Crippen LogP contribution >= 0.6 is 55.1 Å². The van der Waals surface area contributed by atoms with E-state index in [9.17, 15) is 0 Å². The minimum absolute atomic E-state index is 0.240. The molecule has 19 heavy (non-hydrogen) atoms. The van der Waals surface area contributed by atoms with Crippen LogP contribution in [0.1, 0.15) is 16.5 Å². The maximum atomic E-state index is 6.50. The van der Waals surface area contributed by atoms with E-state index in [4.69, 9.17) is 27.9 Å². The highest BCUT2D eigenvalue weighted by Crippen LogP contribution is 2.36. The zero-order valence-electron chi connectivity index (χ0n) is 9.96. The van der Waals surface area contributed by atoms with Crippen molar-refractivity contribution in [1.82, 2.24) is 0 Å². The molecule has 0 fully saturated rings. The van der Waals surface area contributed by atoms with E-state index < -0.39 is 0 Å². The lowest BCUT2D eigenvalue weighted by Crippen LogP contribution is -1.94. The summed E-state index contributed by atoms with van der Waals surface area (Å²) in [6.07, 6.45) is 0. The first-order chi connectivity index (χ1) is 9.02. The number of benzene rings is 2. The van der Waals surface area contributed by atoms with Gasteiger partial charge in [-0.1, -0.05) is 23.7 Å². The van der Waals surface area contributed by atoms with E-state index in [-0.39, 0.29) is 5.38 Å². The van der Waals surface area contributed by atoms with Crippen LogP contribution in [-0.2, 0) is 0 Å². The Hall–Kier alpha value is -0.220. The van der Waals surface area contributed by atoms with Crippen molar-refractivity contribution >= 4 is 55.1 Å². The van der Waals surface area contributed by atoms with Gasteiger partial charge in [0.25, 0.3) is 0 Å². The topological polar surface area (TPSA) is 9.23 Å². The lowest BCUT2D eigenvalue weighted by Gasteiger charge is -2.13. The van der Waals surface area contributed by atoms with Gasteiger partial charge in [0.1, 0.15) is 5.75 Å².